The Balaban J connectivity index is 1.78. The number of benzene rings is 1. The van der Waals surface area contributed by atoms with Crippen molar-refractivity contribution >= 4 is 11.7 Å². The Labute approximate surface area is 139 Å². The number of aromatic amines is 1. The fourth-order valence-corrected chi connectivity index (χ4v) is 3.31. The maximum Gasteiger partial charge on any atom is 0.322 e. The third-order valence-electron chi connectivity index (χ3n) is 4.42. The van der Waals surface area contributed by atoms with E-state index in [1.54, 1.807) is 11.0 Å². The molecule has 7 heteroatoms. The lowest BCUT2D eigenvalue weighted by Gasteiger charge is -2.25. The fraction of sp³-hybridized carbons (Fsp3) is 0.412. The van der Waals surface area contributed by atoms with Crippen molar-refractivity contribution < 1.29 is 13.6 Å². The average molecular weight is 334 g/mol. The Morgan fingerprint density at radius 2 is 2.21 bits per heavy atom. The first kappa shape index (κ1) is 16.4. The Bertz CT molecular complexity index is 724. The zero-order valence-corrected chi connectivity index (χ0v) is 13.6. The maximum absolute atomic E-state index is 12.8. The summed E-state index contributed by atoms with van der Waals surface area (Å²) < 4.78 is 25.6. The van der Waals surface area contributed by atoms with Gasteiger partial charge in [-0.05, 0) is 38.8 Å². The summed E-state index contributed by atoms with van der Waals surface area (Å²) >= 11 is 0. The number of anilines is 1. The van der Waals surface area contributed by atoms with Gasteiger partial charge in [-0.25, -0.2) is 13.6 Å². The molecule has 2 heterocycles. The molecule has 0 aliphatic carbocycles. The first-order valence-corrected chi connectivity index (χ1v) is 7.94. The molecule has 1 aliphatic rings. The molecule has 5 nitrogen and oxygen atoms in total. The SMILES string of the molecule is Cc1n[nH]c(C)c1[C@H]1CCCN1C(=O)Nc1cccc(C(F)F)c1. The second kappa shape index (κ2) is 6.59. The molecule has 3 rings (SSSR count). The lowest BCUT2D eigenvalue weighted by Crippen LogP contribution is -2.34. The lowest BCUT2D eigenvalue weighted by atomic mass is 10.0. The molecule has 0 saturated carbocycles. The van der Waals surface area contributed by atoms with Gasteiger partial charge in [-0.15, -0.1) is 0 Å². The zero-order valence-electron chi connectivity index (χ0n) is 13.6. The van der Waals surface area contributed by atoms with Crippen LogP contribution in [0.1, 0.15) is 47.8 Å². The third-order valence-corrected chi connectivity index (χ3v) is 4.42. The average Bonchev–Trinajstić information content (AvgIpc) is 3.14. The van der Waals surface area contributed by atoms with Crippen LogP contribution in [0.5, 0.6) is 0 Å². The van der Waals surface area contributed by atoms with E-state index < -0.39 is 6.43 Å². The van der Waals surface area contributed by atoms with Crippen LogP contribution in [0.3, 0.4) is 0 Å². The van der Waals surface area contributed by atoms with Gasteiger partial charge in [0.05, 0.1) is 11.7 Å². The Kier molecular flexibility index (Phi) is 4.51. The lowest BCUT2D eigenvalue weighted by molar-refractivity contribution is 0.151. The number of nitrogens with zero attached hydrogens (tertiary/aromatic N) is 2. The Morgan fingerprint density at radius 1 is 1.42 bits per heavy atom. The molecule has 1 fully saturated rings. The van der Waals surface area contributed by atoms with Gasteiger partial charge in [-0.2, -0.15) is 5.10 Å². The van der Waals surface area contributed by atoms with Gasteiger partial charge < -0.3 is 10.2 Å². The standard InChI is InChI=1S/C17H20F2N4O/c1-10-15(11(2)22-21-10)14-7-4-8-23(14)17(24)20-13-6-3-5-12(9-13)16(18)19/h3,5-6,9,14,16H,4,7-8H2,1-2H3,(H,20,24)(H,21,22)/t14-/m1/s1. The van der Waals surface area contributed by atoms with Gasteiger partial charge in [0.15, 0.2) is 0 Å². The van der Waals surface area contributed by atoms with Crippen LogP contribution in [0.2, 0.25) is 0 Å². The highest BCUT2D eigenvalue weighted by molar-refractivity contribution is 5.90. The minimum atomic E-state index is -2.56. The summed E-state index contributed by atoms with van der Waals surface area (Å²) in [6.45, 7) is 4.49. The van der Waals surface area contributed by atoms with E-state index in [9.17, 15) is 13.6 Å². The van der Waals surface area contributed by atoms with E-state index in [4.69, 9.17) is 0 Å². The number of nitrogens with one attached hydrogen (secondary N) is 2. The molecule has 128 valence electrons. The van der Waals surface area contributed by atoms with E-state index in [2.05, 4.69) is 15.5 Å². The number of aromatic nitrogens is 2. The van der Waals surface area contributed by atoms with E-state index in [0.29, 0.717) is 12.2 Å². The van der Waals surface area contributed by atoms with Gasteiger partial charge in [0, 0.05) is 29.1 Å². The number of hydrogen-bond acceptors (Lipinski definition) is 2. The van der Waals surface area contributed by atoms with Crippen molar-refractivity contribution in [3.8, 4) is 0 Å². The highest BCUT2D eigenvalue weighted by atomic mass is 19.3. The third kappa shape index (κ3) is 3.11. The first-order valence-electron chi connectivity index (χ1n) is 7.94. The molecule has 1 aliphatic heterocycles. The number of rotatable bonds is 3. The minimum absolute atomic E-state index is 0.0398. The van der Waals surface area contributed by atoms with Gasteiger partial charge in [0.25, 0.3) is 6.43 Å². The van der Waals surface area contributed by atoms with Crippen LogP contribution in [-0.2, 0) is 0 Å². The fourth-order valence-electron chi connectivity index (χ4n) is 3.31. The van der Waals surface area contributed by atoms with Crippen molar-refractivity contribution in [1.29, 1.82) is 0 Å². The summed E-state index contributed by atoms with van der Waals surface area (Å²) in [4.78, 5) is 14.4. The number of hydrogen-bond donors (Lipinski definition) is 2. The molecule has 0 spiro atoms. The van der Waals surface area contributed by atoms with Gasteiger partial charge in [0.2, 0.25) is 0 Å². The van der Waals surface area contributed by atoms with Crippen LogP contribution < -0.4 is 5.32 Å². The van der Waals surface area contributed by atoms with Crippen LogP contribution in [0.25, 0.3) is 0 Å². The number of likely N-dealkylation sites (tertiary alicyclic amines) is 1. The normalized spacial score (nSPS) is 17.5. The molecule has 1 saturated heterocycles. The van der Waals surface area contributed by atoms with Crippen LogP contribution in [0.4, 0.5) is 19.3 Å². The first-order chi connectivity index (χ1) is 11.5. The van der Waals surface area contributed by atoms with Crippen molar-refractivity contribution in [2.45, 2.75) is 39.2 Å². The predicted molar refractivity (Wildman–Crippen MR) is 87.2 cm³/mol. The monoisotopic (exact) mass is 334 g/mol. The summed E-state index contributed by atoms with van der Waals surface area (Å²) in [5.74, 6) is 0. The van der Waals surface area contributed by atoms with Gasteiger partial charge in [0.1, 0.15) is 0 Å². The molecule has 0 unspecified atom stereocenters. The summed E-state index contributed by atoms with van der Waals surface area (Å²) in [6.07, 6.45) is -0.789. The van der Waals surface area contributed by atoms with Crippen molar-refractivity contribution in [2.24, 2.45) is 0 Å². The molecule has 24 heavy (non-hydrogen) atoms. The molecule has 0 bridgehead atoms. The smallest absolute Gasteiger partial charge is 0.317 e. The van der Waals surface area contributed by atoms with Gasteiger partial charge in [-0.1, -0.05) is 12.1 Å². The second-order valence-electron chi connectivity index (χ2n) is 6.06. The number of H-pyrrole nitrogens is 1. The van der Waals surface area contributed by atoms with Gasteiger partial charge in [-0.3, -0.25) is 5.10 Å². The molecule has 2 amide bonds. The van der Waals surface area contributed by atoms with Crippen molar-refractivity contribution in [3.63, 3.8) is 0 Å². The molecule has 1 aromatic heterocycles. The number of alkyl halides is 2. The topological polar surface area (TPSA) is 61.0 Å². The maximum atomic E-state index is 12.8. The van der Waals surface area contributed by atoms with Crippen molar-refractivity contribution in [1.82, 2.24) is 15.1 Å². The van der Waals surface area contributed by atoms with Crippen LogP contribution in [0.15, 0.2) is 24.3 Å². The Morgan fingerprint density at radius 3 is 2.88 bits per heavy atom. The molecular weight excluding hydrogens is 314 g/mol. The molecule has 1 aromatic carbocycles. The Hall–Kier alpha value is -2.44. The van der Waals surface area contributed by atoms with E-state index in [1.807, 2.05) is 13.8 Å². The molecule has 2 N–H and O–H groups in total. The highest BCUT2D eigenvalue weighted by Crippen LogP contribution is 2.35. The molecule has 2 aromatic rings. The van der Waals surface area contributed by atoms with E-state index >= 15 is 0 Å². The molecule has 0 radical (unpaired) electrons. The largest absolute Gasteiger partial charge is 0.322 e. The number of halogens is 2. The number of carbonyl (C=O) groups excluding carboxylic acids is 1. The number of carbonyl (C=O) groups is 1. The predicted octanol–water partition coefficient (Wildman–Crippen LogP) is 4.33. The van der Waals surface area contributed by atoms with Crippen LogP contribution in [-0.4, -0.2) is 27.7 Å². The zero-order chi connectivity index (χ0) is 17.3. The van der Waals surface area contributed by atoms with Gasteiger partial charge >= 0.3 is 6.03 Å². The van der Waals surface area contributed by atoms with Crippen molar-refractivity contribution in [2.75, 3.05) is 11.9 Å². The summed E-state index contributed by atoms with van der Waals surface area (Å²) in [5.41, 5.74) is 3.16. The van der Waals surface area contributed by atoms with E-state index in [1.165, 1.54) is 18.2 Å². The van der Waals surface area contributed by atoms with E-state index in [0.717, 1.165) is 29.8 Å². The van der Waals surface area contributed by atoms with Crippen LogP contribution >= 0.6 is 0 Å². The highest BCUT2D eigenvalue weighted by Gasteiger charge is 2.33. The number of amides is 2. The summed E-state index contributed by atoms with van der Waals surface area (Å²) in [7, 11) is 0. The van der Waals surface area contributed by atoms with Crippen LogP contribution in [0, 0.1) is 13.8 Å². The number of urea groups is 1. The second-order valence-corrected chi connectivity index (χ2v) is 6.06. The summed E-state index contributed by atoms with van der Waals surface area (Å²) in [5, 5.41) is 9.89. The minimum Gasteiger partial charge on any atom is -0.317 e. The van der Waals surface area contributed by atoms with E-state index in [-0.39, 0.29) is 17.6 Å². The number of aryl methyl sites for hydroxylation is 2. The quantitative estimate of drug-likeness (QED) is 0.877. The van der Waals surface area contributed by atoms with Crippen molar-refractivity contribution in [3.05, 3.63) is 46.8 Å². The molecular formula is C17H20F2N4O. The molecule has 1 atom stereocenters. The summed E-state index contributed by atoms with van der Waals surface area (Å²) in [6, 6.07) is 5.47.